The molecule has 0 aliphatic carbocycles. The number of aliphatic hydroxyl groups is 1. The second kappa shape index (κ2) is 8.69. The largest absolute Gasteiger partial charge is 0.507 e. The topological polar surface area (TPSA) is 66.8 Å². The second-order valence-electron chi connectivity index (χ2n) is 7.67. The fourth-order valence-corrected chi connectivity index (χ4v) is 5.42. The number of ketones is 1. The Bertz CT molecular complexity index is 1130. The van der Waals surface area contributed by atoms with E-state index in [4.69, 9.17) is 4.74 Å². The number of nitrogens with zero attached hydrogens (tertiary/aromatic N) is 1. The number of hydrogen-bond donors (Lipinski definition) is 1. The van der Waals surface area contributed by atoms with Crippen molar-refractivity contribution in [2.24, 2.45) is 0 Å². The number of aryl methyl sites for hydroxylation is 1. The Labute approximate surface area is 189 Å². The molecule has 0 radical (unpaired) electrons. The van der Waals surface area contributed by atoms with Crippen LogP contribution in [-0.4, -0.2) is 27.8 Å². The molecule has 5 nitrogen and oxygen atoms in total. The smallest absolute Gasteiger partial charge is 0.296 e. The summed E-state index contributed by atoms with van der Waals surface area (Å²) in [6.07, 6.45) is 0.0313. The maximum Gasteiger partial charge on any atom is 0.296 e. The quantitative estimate of drug-likeness (QED) is 0.303. The minimum atomic E-state index is -0.658. The van der Waals surface area contributed by atoms with Crippen molar-refractivity contribution in [1.29, 1.82) is 0 Å². The first-order valence-electron chi connectivity index (χ1n) is 9.98. The fourth-order valence-electron chi connectivity index (χ4n) is 3.67. The summed E-state index contributed by atoms with van der Waals surface area (Å²) < 4.78 is 5.66. The molecule has 160 valence electrons. The lowest BCUT2D eigenvalue weighted by atomic mass is 9.98. The Kier molecular flexibility index (Phi) is 5.98. The highest BCUT2D eigenvalue weighted by molar-refractivity contribution is 7.10. The molecular weight excluding hydrogens is 430 g/mol. The predicted octanol–water partition coefficient (Wildman–Crippen LogP) is 5.53. The van der Waals surface area contributed by atoms with Crippen LogP contribution in [0.4, 0.5) is 0 Å². The number of amides is 1. The number of thiophene rings is 2. The molecule has 3 heterocycles. The molecule has 31 heavy (non-hydrogen) atoms. The molecule has 1 saturated heterocycles. The van der Waals surface area contributed by atoms with Gasteiger partial charge < -0.3 is 14.7 Å². The standard InChI is InChI=1S/C24H23NO4S2/c1-14(2)29-17-8-6-16(7-9-17)21(26)19-20(23-15(3)10-12-31-23)25(24(28)22(19)27)13-18-5-4-11-30-18/h4-12,14,20,26H,13H2,1-3H3/b21-19-. The molecule has 1 fully saturated rings. The molecule has 1 aromatic carbocycles. The van der Waals surface area contributed by atoms with Crippen LogP contribution in [0.3, 0.4) is 0 Å². The van der Waals surface area contributed by atoms with Crippen molar-refractivity contribution in [3.63, 3.8) is 0 Å². The Morgan fingerprint density at radius 3 is 2.42 bits per heavy atom. The van der Waals surface area contributed by atoms with Gasteiger partial charge in [-0.05, 0) is 73.5 Å². The second-order valence-corrected chi connectivity index (χ2v) is 9.65. The molecule has 1 atom stereocenters. The van der Waals surface area contributed by atoms with E-state index in [1.165, 1.54) is 22.7 Å². The van der Waals surface area contributed by atoms with E-state index in [1.54, 1.807) is 29.2 Å². The van der Waals surface area contributed by atoms with Crippen LogP contribution in [0, 0.1) is 6.92 Å². The van der Waals surface area contributed by atoms with E-state index in [0.29, 0.717) is 17.9 Å². The SMILES string of the molecule is Cc1ccsc1C1/C(=C(/O)c2ccc(OC(C)C)cc2)C(=O)C(=O)N1Cc1cccs1. The molecule has 1 aliphatic heterocycles. The van der Waals surface area contributed by atoms with Crippen molar-refractivity contribution in [3.8, 4) is 5.75 Å². The average molecular weight is 454 g/mol. The zero-order valence-electron chi connectivity index (χ0n) is 17.5. The summed E-state index contributed by atoms with van der Waals surface area (Å²) in [5.41, 5.74) is 1.59. The fraction of sp³-hybridized carbons (Fsp3) is 0.250. The highest BCUT2D eigenvalue weighted by Gasteiger charge is 2.47. The van der Waals surface area contributed by atoms with Gasteiger partial charge in [0, 0.05) is 15.3 Å². The zero-order chi connectivity index (χ0) is 22.1. The summed E-state index contributed by atoms with van der Waals surface area (Å²) in [7, 11) is 0. The first-order chi connectivity index (χ1) is 14.9. The third-order valence-electron chi connectivity index (χ3n) is 5.10. The van der Waals surface area contributed by atoms with Crippen LogP contribution >= 0.6 is 22.7 Å². The van der Waals surface area contributed by atoms with Crippen molar-refractivity contribution in [1.82, 2.24) is 4.90 Å². The third-order valence-corrected chi connectivity index (χ3v) is 7.03. The molecule has 7 heteroatoms. The number of Topliss-reactive ketones (excluding diaryl/α,β-unsaturated/α-hetero) is 1. The summed E-state index contributed by atoms with van der Waals surface area (Å²) in [6, 6.07) is 12.1. The normalized spacial score (nSPS) is 18.2. The number of aliphatic hydroxyl groups excluding tert-OH is 1. The van der Waals surface area contributed by atoms with Crippen LogP contribution in [0.1, 0.15) is 40.8 Å². The summed E-state index contributed by atoms with van der Waals surface area (Å²) in [5.74, 6) is -0.738. The molecule has 0 bridgehead atoms. The molecule has 2 aromatic heterocycles. The highest BCUT2D eigenvalue weighted by Crippen LogP contribution is 2.43. The van der Waals surface area contributed by atoms with Crippen LogP contribution in [0.2, 0.25) is 0 Å². The zero-order valence-corrected chi connectivity index (χ0v) is 19.1. The van der Waals surface area contributed by atoms with Gasteiger partial charge in [0.25, 0.3) is 11.7 Å². The van der Waals surface area contributed by atoms with Gasteiger partial charge in [-0.25, -0.2) is 0 Å². The van der Waals surface area contributed by atoms with Crippen LogP contribution in [0.25, 0.3) is 5.76 Å². The van der Waals surface area contributed by atoms with Gasteiger partial charge in [0.2, 0.25) is 0 Å². The molecule has 3 aromatic rings. The Hall–Kier alpha value is -2.90. The lowest BCUT2D eigenvalue weighted by Gasteiger charge is -2.24. The van der Waals surface area contributed by atoms with E-state index in [0.717, 1.165) is 15.3 Å². The average Bonchev–Trinajstić information content (AvgIpc) is 3.45. The van der Waals surface area contributed by atoms with Gasteiger partial charge in [-0.15, -0.1) is 22.7 Å². The minimum Gasteiger partial charge on any atom is -0.507 e. The van der Waals surface area contributed by atoms with E-state index >= 15 is 0 Å². The van der Waals surface area contributed by atoms with Crippen molar-refractivity contribution in [2.75, 3.05) is 0 Å². The van der Waals surface area contributed by atoms with Crippen molar-refractivity contribution >= 4 is 40.1 Å². The minimum absolute atomic E-state index is 0.0313. The van der Waals surface area contributed by atoms with Crippen molar-refractivity contribution < 1.29 is 19.4 Å². The van der Waals surface area contributed by atoms with E-state index in [-0.39, 0.29) is 17.4 Å². The number of ether oxygens (including phenoxy) is 1. The highest BCUT2D eigenvalue weighted by atomic mass is 32.1. The van der Waals surface area contributed by atoms with Crippen molar-refractivity contribution in [3.05, 3.63) is 79.7 Å². The van der Waals surface area contributed by atoms with Gasteiger partial charge >= 0.3 is 0 Å². The van der Waals surface area contributed by atoms with Gasteiger partial charge in [-0.3, -0.25) is 9.59 Å². The Morgan fingerprint density at radius 2 is 1.84 bits per heavy atom. The Balaban J connectivity index is 1.79. The maximum absolute atomic E-state index is 13.1. The number of rotatable bonds is 6. The molecule has 0 spiro atoms. The monoisotopic (exact) mass is 453 g/mol. The third kappa shape index (κ3) is 4.16. The number of likely N-dealkylation sites (tertiary alicyclic amines) is 1. The van der Waals surface area contributed by atoms with Gasteiger partial charge in [0.15, 0.2) is 0 Å². The summed E-state index contributed by atoms with van der Waals surface area (Å²) in [5, 5.41) is 15.0. The van der Waals surface area contributed by atoms with E-state index in [2.05, 4.69) is 0 Å². The summed E-state index contributed by atoms with van der Waals surface area (Å²) >= 11 is 3.02. The van der Waals surface area contributed by atoms with Crippen LogP contribution in [0.5, 0.6) is 5.75 Å². The lowest BCUT2D eigenvalue weighted by Crippen LogP contribution is -2.28. The number of carbonyl (C=O) groups excluding carboxylic acids is 2. The molecule has 1 unspecified atom stereocenters. The number of carbonyl (C=O) groups is 2. The van der Waals surface area contributed by atoms with Gasteiger partial charge in [-0.1, -0.05) is 6.07 Å². The van der Waals surface area contributed by atoms with Crippen LogP contribution in [-0.2, 0) is 16.1 Å². The molecule has 0 saturated carbocycles. The molecule has 1 aliphatic rings. The molecule has 1 amide bonds. The maximum atomic E-state index is 13.1. The van der Waals surface area contributed by atoms with Gasteiger partial charge in [-0.2, -0.15) is 0 Å². The predicted molar refractivity (Wildman–Crippen MR) is 123 cm³/mol. The van der Waals surface area contributed by atoms with Crippen molar-refractivity contribution in [2.45, 2.75) is 39.5 Å². The number of hydrogen-bond acceptors (Lipinski definition) is 6. The first kappa shape index (κ1) is 21.3. The van der Waals surface area contributed by atoms with Gasteiger partial charge in [0.05, 0.1) is 18.2 Å². The lowest BCUT2D eigenvalue weighted by molar-refractivity contribution is -0.140. The van der Waals surface area contributed by atoms with Gasteiger partial charge in [0.1, 0.15) is 17.6 Å². The molecule has 1 N–H and O–H groups in total. The Morgan fingerprint density at radius 1 is 1.10 bits per heavy atom. The van der Waals surface area contributed by atoms with Crippen LogP contribution < -0.4 is 4.74 Å². The summed E-state index contributed by atoms with van der Waals surface area (Å²) in [4.78, 5) is 29.5. The first-order valence-corrected chi connectivity index (χ1v) is 11.7. The van der Waals surface area contributed by atoms with E-state index < -0.39 is 17.7 Å². The van der Waals surface area contributed by atoms with E-state index in [1.807, 2.05) is 49.7 Å². The van der Waals surface area contributed by atoms with Crippen LogP contribution in [0.15, 0.2) is 58.8 Å². The van der Waals surface area contributed by atoms with E-state index in [9.17, 15) is 14.7 Å². The number of benzene rings is 1. The molecular formula is C24H23NO4S2. The molecule has 4 rings (SSSR count). The summed E-state index contributed by atoms with van der Waals surface area (Å²) in [6.45, 7) is 6.15.